The molecular weight excluding hydrogens is 238 g/mol. The Kier molecular flexibility index (Phi) is 5.27. The minimum absolute atomic E-state index is 0.00853. The quantitative estimate of drug-likeness (QED) is 0.253. The summed E-state index contributed by atoms with van der Waals surface area (Å²) in [6.45, 7) is 1.93. The topological polar surface area (TPSA) is 65.8 Å². The molecule has 0 N–H and O–H groups in total. The number of nitrogens with zero attached hydrogens (tertiary/aromatic N) is 3. The van der Waals surface area contributed by atoms with Gasteiger partial charge in [0.1, 0.15) is 0 Å². The Morgan fingerprint density at radius 3 is 2.94 bits per heavy atom. The van der Waals surface area contributed by atoms with E-state index in [1.54, 1.807) is 18.2 Å². The van der Waals surface area contributed by atoms with Gasteiger partial charge in [-0.2, -0.15) is 0 Å². The number of azide groups is 1. The first-order chi connectivity index (χ1) is 8.15. The van der Waals surface area contributed by atoms with Gasteiger partial charge in [-0.3, -0.25) is 4.79 Å². The molecule has 88 valence electrons. The Morgan fingerprint density at radius 2 is 2.35 bits per heavy atom. The SMILES string of the molecule is CC(=O)c1ccc(C=CCCN=[N+]=[N-])c(Cl)c1. The summed E-state index contributed by atoms with van der Waals surface area (Å²) in [5.74, 6) is -0.00853. The summed E-state index contributed by atoms with van der Waals surface area (Å²) >= 11 is 6.03. The van der Waals surface area contributed by atoms with Crippen LogP contribution in [0.2, 0.25) is 5.02 Å². The van der Waals surface area contributed by atoms with Crippen molar-refractivity contribution in [1.29, 1.82) is 0 Å². The summed E-state index contributed by atoms with van der Waals surface area (Å²) in [4.78, 5) is 13.8. The van der Waals surface area contributed by atoms with Crippen LogP contribution in [0.5, 0.6) is 0 Å². The summed E-state index contributed by atoms with van der Waals surface area (Å²) in [6, 6.07) is 5.18. The van der Waals surface area contributed by atoms with Crippen LogP contribution in [0.25, 0.3) is 16.5 Å². The van der Waals surface area contributed by atoms with Gasteiger partial charge in [-0.05, 0) is 30.5 Å². The number of hydrogen-bond acceptors (Lipinski definition) is 2. The average molecular weight is 250 g/mol. The maximum atomic E-state index is 11.1. The first kappa shape index (κ1) is 13.3. The van der Waals surface area contributed by atoms with E-state index >= 15 is 0 Å². The molecule has 1 rings (SSSR count). The standard InChI is InChI=1S/C12H12ClN3O/c1-9(17)11-6-5-10(12(13)8-11)4-2-3-7-15-16-14/h2,4-6,8H,3,7H2,1H3. The first-order valence-electron chi connectivity index (χ1n) is 5.13. The molecule has 0 aliphatic heterocycles. The van der Waals surface area contributed by atoms with Crippen molar-refractivity contribution in [2.45, 2.75) is 13.3 Å². The number of ketones is 1. The maximum Gasteiger partial charge on any atom is 0.159 e. The van der Waals surface area contributed by atoms with Crippen LogP contribution in [0.15, 0.2) is 29.4 Å². The third-order valence-corrected chi connectivity index (χ3v) is 2.49. The Labute approximate surface area is 105 Å². The van der Waals surface area contributed by atoms with Crippen LogP contribution < -0.4 is 0 Å². The van der Waals surface area contributed by atoms with E-state index in [0.717, 1.165) is 5.56 Å². The molecule has 1 aromatic rings. The van der Waals surface area contributed by atoms with Gasteiger partial charge in [0.05, 0.1) is 0 Å². The van der Waals surface area contributed by atoms with Crippen molar-refractivity contribution in [2.75, 3.05) is 6.54 Å². The molecule has 0 spiro atoms. The van der Waals surface area contributed by atoms with Crippen LogP contribution >= 0.6 is 11.6 Å². The molecule has 5 heteroatoms. The second-order valence-corrected chi connectivity index (χ2v) is 3.85. The summed E-state index contributed by atoms with van der Waals surface area (Å²) < 4.78 is 0. The number of halogens is 1. The lowest BCUT2D eigenvalue weighted by Gasteiger charge is -2.00. The second-order valence-electron chi connectivity index (χ2n) is 3.44. The van der Waals surface area contributed by atoms with Gasteiger partial charge in [0.15, 0.2) is 5.78 Å². The van der Waals surface area contributed by atoms with E-state index < -0.39 is 0 Å². The third kappa shape index (κ3) is 4.31. The first-order valence-corrected chi connectivity index (χ1v) is 5.51. The number of rotatable bonds is 5. The zero-order valence-corrected chi connectivity index (χ0v) is 10.2. The van der Waals surface area contributed by atoms with Crippen LogP contribution in [0.4, 0.5) is 0 Å². The van der Waals surface area contributed by atoms with Crippen LogP contribution in [0, 0.1) is 0 Å². The van der Waals surface area contributed by atoms with Crippen LogP contribution in [0.1, 0.15) is 29.3 Å². The molecule has 0 atom stereocenters. The van der Waals surface area contributed by atoms with E-state index in [1.807, 2.05) is 12.2 Å². The van der Waals surface area contributed by atoms with Crippen molar-refractivity contribution in [1.82, 2.24) is 0 Å². The summed E-state index contributed by atoms with van der Waals surface area (Å²) in [5, 5.41) is 3.95. The molecule has 0 aliphatic rings. The van der Waals surface area contributed by atoms with E-state index in [2.05, 4.69) is 10.0 Å². The molecule has 0 bridgehead atoms. The lowest BCUT2D eigenvalue weighted by Crippen LogP contribution is -1.91. The van der Waals surface area contributed by atoms with Gasteiger partial charge in [-0.25, -0.2) is 0 Å². The van der Waals surface area contributed by atoms with Gasteiger partial charge >= 0.3 is 0 Å². The molecular formula is C12H12ClN3O. The molecule has 0 saturated carbocycles. The number of hydrogen-bond donors (Lipinski definition) is 0. The van der Waals surface area contributed by atoms with E-state index in [0.29, 0.717) is 23.6 Å². The fourth-order valence-corrected chi connectivity index (χ4v) is 1.51. The summed E-state index contributed by atoms with van der Waals surface area (Å²) in [5.41, 5.74) is 9.53. The van der Waals surface area contributed by atoms with Gasteiger partial charge in [0, 0.05) is 22.0 Å². The normalized spacial score (nSPS) is 10.2. The lowest BCUT2D eigenvalue weighted by molar-refractivity contribution is 0.101. The minimum atomic E-state index is -0.00853. The zero-order valence-electron chi connectivity index (χ0n) is 9.43. The molecule has 0 radical (unpaired) electrons. The highest BCUT2D eigenvalue weighted by molar-refractivity contribution is 6.32. The molecule has 0 aliphatic carbocycles. The van der Waals surface area contributed by atoms with Gasteiger partial charge in [0.25, 0.3) is 0 Å². The molecule has 0 heterocycles. The third-order valence-electron chi connectivity index (χ3n) is 2.16. The van der Waals surface area contributed by atoms with Crippen molar-refractivity contribution >= 4 is 23.5 Å². The fourth-order valence-electron chi connectivity index (χ4n) is 1.27. The summed E-state index contributed by atoms with van der Waals surface area (Å²) in [7, 11) is 0. The van der Waals surface area contributed by atoms with E-state index in [4.69, 9.17) is 17.1 Å². The van der Waals surface area contributed by atoms with Crippen molar-refractivity contribution < 1.29 is 4.79 Å². The number of carbonyl (C=O) groups excluding carboxylic acids is 1. The van der Waals surface area contributed by atoms with Crippen LogP contribution in [-0.4, -0.2) is 12.3 Å². The Hall–Kier alpha value is -1.77. The molecule has 0 amide bonds. The second kappa shape index (κ2) is 6.74. The highest BCUT2D eigenvalue weighted by Crippen LogP contribution is 2.19. The van der Waals surface area contributed by atoms with E-state index in [-0.39, 0.29) is 5.78 Å². The molecule has 0 saturated heterocycles. The highest BCUT2D eigenvalue weighted by atomic mass is 35.5. The summed E-state index contributed by atoms with van der Waals surface area (Å²) in [6.07, 6.45) is 4.39. The number of Topliss-reactive ketones (excluding diaryl/α,β-unsaturated/α-hetero) is 1. The fraction of sp³-hybridized carbons (Fsp3) is 0.250. The Morgan fingerprint density at radius 1 is 1.59 bits per heavy atom. The molecule has 17 heavy (non-hydrogen) atoms. The molecule has 4 nitrogen and oxygen atoms in total. The van der Waals surface area contributed by atoms with Crippen molar-refractivity contribution in [3.63, 3.8) is 0 Å². The maximum absolute atomic E-state index is 11.1. The van der Waals surface area contributed by atoms with Crippen LogP contribution in [-0.2, 0) is 0 Å². The van der Waals surface area contributed by atoms with Gasteiger partial charge in [-0.1, -0.05) is 41.0 Å². The van der Waals surface area contributed by atoms with Crippen molar-refractivity contribution in [2.24, 2.45) is 5.11 Å². The Balaban J connectivity index is 2.72. The Bertz CT molecular complexity index is 491. The minimum Gasteiger partial charge on any atom is -0.295 e. The smallest absolute Gasteiger partial charge is 0.159 e. The van der Waals surface area contributed by atoms with Gasteiger partial charge in [0.2, 0.25) is 0 Å². The van der Waals surface area contributed by atoms with E-state index in [9.17, 15) is 4.79 Å². The van der Waals surface area contributed by atoms with Gasteiger partial charge in [-0.15, -0.1) is 0 Å². The largest absolute Gasteiger partial charge is 0.295 e. The van der Waals surface area contributed by atoms with E-state index in [1.165, 1.54) is 6.92 Å². The van der Waals surface area contributed by atoms with Gasteiger partial charge < -0.3 is 0 Å². The highest BCUT2D eigenvalue weighted by Gasteiger charge is 2.02. The zero-order chi connectivity index (χ0) is 12.7. The van der Waals surface area contributed by atoms with Crippen molar-refractivity contribution in [3.8, 4) is 0 Å². The lowest BCUT2D eigenvalue weighted by atomic mass is 10.1. The molecule has 0 aromatic heterocycles. The number of carbonyl (C=O) groups is 1. The predicted molar refractivity (Wildman–Crippen MR) is 69.1 cm³/mol. The predicted octanol–water partition coefficient (Wildman–Crippen LogP) is 4.26. The average Bonchev–Trinajstić information content (AvgIpc) is 2.30. The van der Waals surface area contributed by atoms with Crippen molar-refractivity contribution in [3.05, 3.63) is 50.9 Å². The van der Waals surface area contributed by atoms with Crippen LogP contribution in [0.3, 0.4) is 0 Å². The molecule has 0 unspecified atom stereocenters. The molecule has 1 aromatic carbocycles. The number of benzene rings is 1. The molecule has 0 fully saturated rings. The monoisotopic (exact) mass is 249 g/mol.